The van der Waals surface area contributed by atoms with Gasteiger partial charge in [0.25, 0.3) is 0 Å². The van der Waals surface area contributed by atoms with Crippen LogP contribution in [0.15, 0.2) is 42.5 Å². The Morgan fingerprint density at radius 1 is 1.21 bits per heavy atom. The quantitative estimate of drug-likeness (QED) is 0.876. The zero-order chi connectivity index (χ0) is 13.2. The monoisotopic (exact) mass is 255 g/mol. The van der Waals surface area contributed by atoms with Crippen molar-refractivity contribution in [2.24, 2.45) is 0 Å². The molecule has 1 aliphatic carbocycles. The SMILES string of the molecule is Cc1cccc(CNC2CCc3c(F)cccc32)c1. The van der Waals surface area contributed by atoms with Crippen LogP contribution in [0.5, 0.6) is 0 Å². The van der Waals surface area contributed by atoms with Gasteiger partial charge in [-0.2, -0.15) is 0 Å². The second-order valence-corrected chi connectivity index (χ2v) is 5.27. The van der Waals surface area contributed by atoms with E-state index in [4.69, 9.17) is 0 Å². The van der Waals surface area contributed by atoms with E-state index in [2.05, 4.69) is 36.5 Å². The maximum absolute atomic E-state index is 13.7. The number of halogens is 1. The van der Waals surface area contributed by atoms with Gasteiger partial charge in [-0.1, -0.05) is 42.0 Å². The zero-order valence-corrected chi connectivity index (χ0v) is 11.1. The molecule has 0 aliphatic heterocycles. The Morgan fingerprint density at radius 2 is 2.05 bits per heavy atom. The third-order valence-corrected chi connectivity index (χ3v) is 3.85. The van der Waals surface area contributed by atoms with Gasteiger partial charge in [-0.3, -0.25) is 0 Å². The Kier molecular flexibility index (Phi) is 3.34. The molecule has 1 atom stereocenters. The molecule has 0 radical (unpaired) electrons. The van der Waals surface area contributed by atoms with Gasteiger partial charge in [-0.25, -0.2) is 4.39 Å². The number of aryl methyl sites for hydroxylation is 1. The molecule has 2 heteroatoms. The molecule has 1 N–H and O–H groups in total. The van der Waals surface area contributed by atoms with Crippen LogP contribution in [0.4, 0.5) is 4.39 Å². The van der Waals surface area contributed by atoms with E-state index in [1.165, 1.54) is 11.1 Å². The van der Waals surface area contributed by atoms with Crippen LogP contribution in [0.1, 0.15) is 34.7 Å². The summed E-state index contributed by atoms with van der Waals surface area (Å²) in [4.78, 5) is 0. The highest BCUT2D eigenvalue weighted by Gasteiger charge is 2.24. The van der Waals surface area contributed by atoms with Crippen molar-refractivity contribution < 1.29 is 4.39 Å². The van der Waals surface area contributed by atoms with Gasteiger partial charge >= 0.3 is 0 Å². The van der Waals surface area contributed by atoms with E-state index >= 15 is 0 Å². The van der Waals surface area contributed by atoms with Gasteiger partial charge in [0.15, 0.2) is 0 Å². The predicted octanol–water partition coefficient (Wildman–Crippen LogP) is 3.91. The maximum Gasteiger partial charge on any atom is 0.126 e. The van der Waals surface area contributed by atoms with Gasteiger partial charge in [0, 0.05) is 12.6 Å². The standard InChI is InChI=1S/C17H18FN/c1-12-4-2-5-13(10-12)11-19-17-9-8-14-15(17)6-3-7-16(14)18/h2-7,10,17,19H,8-9,11H2,1H3. The summed E-state index contributed by atoms with van der Waals surface area (Å²) in [5.41, 5.74) is 4.58. The minimum atomic E-state index is -0.0580. The molecule has 0 heterocycles. The second kappa shape index (κ2) is 5.14. The topological polar surface area (TPSA) is 12.0 Å². The molecule has 1 unspecified atom stereocenters. The van der Waals surface area contributed by atoms with Gasteiger partial charge in [0.05, 0.1) is 0 Å². The van der Waals surface area contributed by atoms with Gasteiger partial charge in [0.1, 0.15) is 5.82 Å². The van der Waals surface area contributed by atoms with Crippen molar-refractivity contribution >= 4 is 0 Å². The Morgan fingerprint density at radius 3 is 2.89 bits per heavy atom. The summed E-state index contributed by atoms with van der Waals surface area (Å²) in [5, 5.41) is 3.54. The van der Waals surface area contributed by atoms with Gasteiger partial charge in [-0.15, -0.1) is 0 Å². The van der Waals surface area contributed by atoms with Crippen molar-refractivity contribution in [3.8, 4) is 0 Å². The average molecular weight is 255 g/mol. The molecule has 0 fully saturated rings. The Labute approximate surface area is 113 Å². The molecule has 0 saturated carbocycles. The lowest BCUT2D eigenvalue weighted by atomic mass is 10.1. The van der Waals surface area contributed by atoms with Crippen LogP contribution < -0.4 is 5.32 Å². The normalized spacial score (nSPS) is 17.5. The molecule has 3 rings (SSSR count). The molecule has 98 valence electrons. The zero-order valence-electron chi connectivity index (χ0n) is 11.1. The fourth-order valence-electron chi connectivity index (χ4n) is 2.88. The number of hydrogen-bond donors (Lipinski definition) is 1. The first-order chi connectivity index (χ1) is 9.24. The van der Waals surface area contributed by atoms with E-state index in [1.54, 1.807) is 12.1 Å². The number of hydrogen-bond acceptors (Lipinski definition) is 1. The Hall–Kier alpha value is -1.67. The number of benzene rings is 2. The Balaban J connectivity index is 1.72. The number of nitrogens with one attached hydrogen (secondary N) is 1. The highest BCUT2D eigenvalue weighted by Crippen LogP contribution is 2.32. The van der Waals surface area contributed by atoms with Crippen LogP contribution in [0, 0.1) is 12.7 Å². The summed E-state index contributed by atoms with van der Waals surface area (Å²) in [6.07, 6.45) is 1.83. The largest absolute Gasteiger partial charge is 0.306 e. The lowest BCUT2D eigenvalue weighted by molar-refractivity contribution is 0.530. The summed E-state index contributed by atoms with van der Waals surface area (Å²) in [7, 11) is 0. The van der Waals surface area contributed by atoms with Crippen LogP contribution in [0.3, 0.4) is 0 Å². The molecule has 0 saturated heterocycles. The van der Waals surface area contributed by atoms with Gasteiger partial charge in [-0.05, 0) is 42.5 Å². The highest BCUT2D eigenvalue weighted by atomic mass is 19.1. The first-order valence-electron chi connectivity index (χ1n) is 6.80. The first kappa shape index (κ1) is 12.4. The lowest BCUT2D eigenvalue weighted by Crippen LogP contribution is -2.18. The average Bonchev–Trinajstić information content (AvgIpc) is 2.81. The maximum atomic E-state index is 13.7. The van der Waals surface area contributed by atoms with E-state index in [9.17, 15) is 4.39 Å². The van der Waals surface area contributed by atoms with Crippen LogP contribution in [-0.2, 0) is 13.0 Å². The van der Waals surface area contributed by atoms with E-state index in [-0.39, 0.29) is 11.9 Å². The fraction of sp³-hybridized carbons (Fsp3) is 0.294. The molecule has 0 amide bonds. The van der Waals surface area contributed by atoms with E-state index in [0.717, 1.165) is 30.5 Å². The Bertz CT molecular complexity index is 592. The molecule has 1 nitrogen and oxygen atoms in total. The summed E-state index contributed by atoms with van der Waals surface area (Å²) in [6.45, 7) is 2.94. The van der Waals surface area contributed by atoms with Crippen LogP contribution in [0.2, 0.25) is 0 Å². The molecular formula is C17H18FN. The molecule has 2 aromatic carbocycles. The first-order valence-corrected chi connectivity index (χ1v) is 6.80. The molecule has 19 heavy (non-hydrogen) atoms. The van der Waals surface area contributed by atoms with E-state index < -0.39 is 0 Å². The van der Waals surface area contributed by atoms with Crippen LogP contribution >= 0.6 is 0 Å². The minimum Gasteiger partial charge on any atom is -0.306 e. The fourth-order valence-corrected chi connectivity index (χ4v) is 2.88. The van der Waals surface area contributed by atoms with Crippen molar-refractivity contribution in [3.05, 3.63) is 70.5 Å². The molecule has 0 spiro atoms. The minimum absolute atomic E-state index is 0.0580. The van der Waals surface area contributed by atoms with Crippen LogP contribution in [0.25, 0.3) is 0 Å². The number of rotatable bonds is 3. The van der Waals surface area contributed by atoms with Crippen molar-refractivity contribution in [1.29, 1.82) is 0 Å². The molecule has 1 aliphatic rings. The molecule has 2 aromatic rings. The summed E-state index contributed by atoms with van der Waals surface area (Å²) < 4.78 is 13.7. The predicted molar refractivity (Wildman–Crippen MR) is 75.5 cm³/mol. The van der Waals surface area contributed by atoms with Crippen LogP contribution in [-0.4, -0.2) is 0 Å². The third-order valence-electron chi connectivity index (χ3n) is 3.85. The smallest absolute Gasteiger partial charge is 0.126 e. The summed E-state index contributed by atoms with van der Waals surface area (Å²) in [5.74, 6) is -0.0580. The molecular weight excluding hydrogens is 237 g/mol. The molecule has 0 aromatic heterocycles. The molecule has 0 bridgehead atoms. The van der Waals surface area contributed by atoms with Crippen molar-refractivity contribution in [3.63, 3.8) is 0 Å². The van der Waals surface area contributed by atoms with Crippen molar-refractivity contribution in [2.75, 3.05) is 0 Å². The van der Waals surface area contributed by atoms with Gasteiger partial charge < -0.3 is 5.32 Å². The van der Waals surface area contributed by atoms with Crippen molar-refractivity contribution in [1.82, 2.24) is 5.32 Å². The number of fused-ring (bicyclic) bond motifs is 1. The summed E-state index contributed by atoms with van der Waals surface area (Å²) in [6, 6.07) is 14.2. The lowest BCUT2D eigenvalue weighted by Gasteiger charge is -2.14. The van der Waals surface area contributed by atoms with Crippen molar-refractivity contribution in [2.45, 2.75) is 32.4 Å². The highest BCUT2D eigenvalue weighted by molar-refractivity contribution is 5.35. The van der Waals surface area contributed by atoms with E-state index in [0.29, 0.717) is 0 Å². The van der Waals surface area contributed by atoms with Gasteiger partial charge in [0.2, 0.25) is 0 Å². The van der Waals surface area contributed by atoms with E-state index in [1.807, 2.05) is 6.07 Å². The second-order valence-electron chi connectivity index (χ2n) is 5.27. The third kappa shape index (κ3) is 2.54. The summed E-state index contributed by atoms with van der Waals surface area (Å²) >= 11 is 0.